The summed E-state index contributed by atoms with van der Waals surface area (Å²) in [7, 11) is 1.71. The number of anilines is 1. The van der Waals surface area contributed by atoms with Crippen LogP contribution < -0.4 is 10.1 Å². The number of benzene rings is 1. The van der Waals surface area contributed by atoms with Gasteiger partial charge in [-0.1, -0.05) is 11.8 Å². The van der Waals surface area contributed by atoms with Gasteiger partial charge in [0.2, 0.25) is 5.16 Å². The molecule has 1 aromatic heterocycles. The van der Waals surface area contributed by atoms with Crippen molar-refractivity contribution in [3.63, 3.8) is 0 Å². The number of ketones is 1. The number of rotatable bonds is 4. The number of carbonyl (C=O) groups excluding carboxylic acids is 2. The van der Waals surface area contributed by atoms with Gasteiger partial charge in [-0.05, 0) is 28.6 Å². The van der Waals surface area contributed by atoms with E-state index in [-0.39, 0.29) is 24.1 Å². The Morgan fingerprint density at radius 1 is 1.52 bits per heavy atom. The van der Waals surface area contributed by atoms with Crippen LogP contribution in [-0.4, -0.2) is 44.3 Å². The van der Waals surface area contributed by atoms with Crippen LogP contribution in [0, 0.1) is 0 Å². The molecule has 0 fully saturated rings. The third-order valence-corrected chi connectivity index (χ3v) is 3.86. The number of thioether (sulfide) groups is 1. The van der Waals surface area contributed by atoms with E-state index in [1.165, 1.54) is 16.4 Å². The quantitative estimate of drug-likeness (QED) is 0.649. The van der Waals surface area contributed by atoms with Crippen molar-refractivity contribution in [2.75, 3.05) is 17.7 Å². The Hall–Kier alpha value is -2.42. The molecule has 3 rings (SSSR count). The van der Waals surface area contributed by atoms with Gasteiger partial charge >= 0.3 is 0 Å². The summed E-state index contributed by atoms with van der Waals surface area (Å²) < 4.78 is 6.75. The number of tetrazole rings is 1. The number of ether oxygens (including phenoxy) is 1. The monoisotopic (exact) mass is 305 g/mol. The molecule has 0 saturated carbocycles. The molecule has 0 bridgehead atoms. The Balaban J connectivity index is 1.72. The van der Waals surface area contributed by atoms with Crippen molar-refractivity contribution >= 4 is 29.1 Å². The van der Waals surface area contributed by atoms with Gasteiger partial charge in [0.25, 0.3) is 5.91 Å². The second-order valence-corrected chi connectivity index (χ2v) is 5.29. The number of fused-ring (bicyclic) bond motifs is 1. The normalized spacial score (nSPS) is 13.3. The number of Topliss-reactive ketones (excluding diaryl/α,β-unsaturated/α-hetero) is 1. The molecule has 2 heterocycles. The highest BCUT2D eigenvalue weighted by Crippen LogP contribution is 2.29. The lowest BCUT2D eigenvalue weighted by Gasteiger charge is -2.18. The average molecular weight is 305 g/mol. The molecule has 8 nitrogen and oxygen atoms in total. The van der Waals surface area contributed by atoms with Crippen LogP contribution in [0.3, 0.4) is 0 Å². The predicted octanol–water partition coefficient (Wildman–Crippen LogP) is 0.516. The molecule has 0 atom stereocenters. The molecule has 1 aliphatic rings. The minimum absolute atomic E-state index is 0.00466. The van der Waals surface area contributed by atoms with Crippen LogP contribution in [-0.2, 0) is 11.8 Å². The molecule has 21 heavy (non-hydrogen) atoms. The van der Waals surface area contributed by atoms with E-state index < -0.39 is 0 Å². The van der Waals surface area contributed by atoms with Gasteiger partial charge in [0, 0.05) is 12.6 Å². The molecule has 1 aliphatic heterocycles. The summed E-state index contributed by atoms with van der Waals surface area (Å²) in [5.74, 6) is 0.468. The van der Waals surface area contributed by atoms with Crippen LogP contribution in [0.2, 0.25) is 0 Å². The Morgan fingerprint density at radius 3 is 3.14 bits per heavy atom. The van der Waals surface area contributed by atoms with Gasteiger partial charge in [-0.15, -0.1) is 5.10 Å². The highest BCUT2D eigenvalue weighted by atomic mass is 32.2. The van der Waals surface area contributed by atoms with E-state index in [0.717, 1.165) is 0 Å². The number of amides is 1. The standard InChI is InChI=1S/C12H11N5O3S/c1-17-12(14-15-16-17)21-6-9(18)7-2-3-10-8(4-7)13-11(19)5-20-10/h2-4H,5-6H2,1H3,(H,13,19). The Labute approximate surface area is 123 Å². The SMILES string of the molecule is Cn1nnnc1SCC(=O)c1ccc2c(c1)NC(=O)CO2. The maximum atomic E-state index is 12.2. The van der Waals surface area contributed by atoms with E-state index in [1.54, 1.807) is 25.2 Å². The van der Waals surface area contributed by atoms with Crippen molar-refractivity contribution in [1.82, 2.24) is 20.2 Å². The number of aryl methyl sites for hydroxylation is 1. The molecule has 2 aromatic rings. The van der Waals surface area contributed by atoms with E-state index in [4.69, 9.17) is 4.74 Å². The largest absolute Gasteiger partial charge is 0.482 e. The average Bonchev–Trinajstić information content (AvgIpc) is 2.89. The zero-order chi connectivity index (χ0) is 14.8. The van der Waals surface area contributed by atoms with Crippen LogP contribution in [0.1, 0.15) is 10.4 Å². The zero-order valence-electron chi connectivity index (χ0n) is 11.1. The van der Waals surface area contributed by atoms with Crippen LogP contribution in [0.4, 0.5) is 5.69 Å². The summed E-state index contributed by atoms with van der Waals surface area (Å²) in [5.41, 5.74) is 1.02. The van der Waals surface area contributed by atoms with Crippen molar-refractivity contribution in [3.8, 4) is 5.75 Å². The maximum absolute atomic E-state index is 12.2. The lowest BCUT2D eigenvalue weighted by atomic mass is 10.1. The number of hydrogen-bond acceptors (Lipinski definition) is 7. The van der Waals surface area contributed by atoms with Gasteiger partial charge in [-0.3, -0.25) is 9.59 Å². The summed E-state index contributed by atoms with van der Waals surface area (Å²) in [4.78, 5) is 23.4. The van der Waals surface area contributed by atoms with Crippen LogP contribution >= 0.6 is 11.8 Å². The second kappa shape index (κ2) is 5.52. The molecule has 1 aromatic carbocycles. The number of nitrogens with zero attached hydrogens (tertiary/aromatic N) is 4. The van der Waals surface area contributed by atoms with Crippen molar-refractivity contribution in [3.05, 3.63) is 23.8 Å². The minimum Gasteiger partial charge on any atom is -0.482 e. The Kier molecular flexibility index (Phi) is 3.57. The highest BCUT2D eigenvalue weighted by Gasteiger charge is 2.18. The first-order chi connectivity index (χ1) is 10.1. The second-order valence-electron chi connectivity index (χ2n) is 4.34. The van der Waals surface area contributed by atoms with Crippen molar-refractivity contribution < 1.29 is 14.3 Å². The smallest absolute Gasteiger partial charge is 0.262 e. The molecule has 0 radical (unpaired) electrons. The molecule has 0 aliphatic carbocycles. The van der Waals surface area contributed by atoms with Gasteiger partial charge in [0.15, 0.2) is 12.4 Å². The Morgan fingerprint density at radius 2 is 2.38 bits per heavy atom. The first-order valence-corrected chi connectivity index (χ1v) is 7.07. The number of hydrogen-bond donors (Lipinski definition) is 1. The first kappa shape index (κ1) is 13.6. The van der Waals surface area contributed by atoms with Gasteiger partial charge in [0.1, 0.15) is 5.75 Å². The van der Waals surface area contributed by atoms with Gasteiger partial charge < -0.3 is 10.1 Å². The van der Waals surface area contributed by atoms with Gasteiger partial charge in [-0.2, -0.15) is 0 Å². The molecular formula is C12H11N5O3S. The molecule has 1 amide bonds. The highest BCUT2D eigenvalue weighted by molar-refractivity contribution is 7.99. The summed E-state index contributed by atoms with van der Waals surface area (Å²) in [6.45, 7) is -0.00466. The molecule has 0 spiro atoms. The molecular weight excluding hydrogens is 294 g/mol. The first-order valence-electron chi connectivity index (χ1n) is 6.08. The third-order valence-electron chi connectivity index (χ3n) is 2.85. The zero-order valence-corrected chi connectivity index (χ0v) is 11.9. The van der Waals surface area contributed by atoms with Crippen molar-refractivity contribution in [2.45, 2.75) is 5.16 Å². The van der Waals surface area contributed by atoms with Crippen LogP contribution in [0.5, 0.6) is 5.75 Å². The van der Waals surface area contributed by atoms with E-state index in [2.05, 4.69) is 20.8 Å². The number of aromatic nitrogens is 4. The molecule has 0 saturated heterocycles. The van der Waals surface area contributed by atoms with Gasteiger partial charge in [-0.25, -0.2) is 4.68 Å². The Bertz CT molecular complexity index is 715. The summed E-state index contributed by atoms with van der Waals surface area (Å²) in [6.07, 6.45) is 0. The minimum atomic E-state index is -0.230. The summed E-state index contributed by atoms with van der Waals surface area (Å²) in [6, 6.07) is 4.97. The van der Waals surface area contributed by atoms with Crippen LogP contribution in [0.15, 0.2) is 23.4 Å². The topological polar surface area (TPSA) is 99.0 Å². The fourth-order valence-electron chi connectivity index (χ4n) is 1.81. The van der Waals surface area contributed by atoms with Gasteiger partial charge in [0.05, 0.1) is 11.4 Å². The molecule has 1 N–H and O–H groups in total. The van der Waals surface area contributed by atoms with E-state index in [0.29, 0.717) is 22.2 Å². The lowest BCUT2D eigenvalue weighted by molar-refractivity contribution is -0.118. The predicted molar refractivity (Wildman–Crippen MR) is 74.4 cm³/mol. The fourth-order valence-corrected chi connectivity index (χ4v) is 2.56. The summed E-state index contributed by atoms with van der Waals surface area (Å²) >= 11 is 1.25. The maximum Gasteiger partial charge on any atom is 0.262 e. The number of carbonyl (C=O) groups is 2. The fraction of sp³-hybridized carbons (Fsp3) is 0.250. The van der Waals surface area contributed by atoms with E-state index in [9.17, 15) is 9.59 Å². The summed E-state index contributed by atoms with van der Waals surface area (Å²) in [5, 5.41) is 14.2. The van der Waals surface area contributed by atoms with Crippen LogP contribution in [0.25, 0.3) is 0 Å². The molecule has 9 heteroatoms. The molecule has 0 unspecified atom stereocenters. The third kappa shape index (κ3) is 2.87. The lowest BCUT2D eigenvalue weighted by Crippen LogP contribution is -2.25. The van der Waals surface area contributed by atoms with Crippen molar-refractivity contribution in [1.29, 1.82) is 0 Å². The van der Waals surface area contributed by atoms with E-state index in [1.807, 2.05) is 0 Å². The van der Waals surface area contributed by atoms with E-state index >= 15 is 0 Å². The number of nitrogens with one attached hydrogen (secondary N) is 1. The van der Waals surface area contributed by atoms with Crippen molar-refractivity contribution in [2.24, 2.45) is 7.05 Å². The molecule has 108 valence electrons.